The zero-order chi connectivity index (χ0) is 15.6. The lowest BCUT2D eigenvalue weighted by atomic mass is 9.69. The van der Waals surface area contributed by atoms with E-state index in [0.29, 0.717) is 17.5 Å². The average molecular weight is 298 g/mol. The van der Waals surface area contributed by atoms with Crippen molar-refractivity contribution in [1.82, 2.24) is 10.2 Å². The van der Waals surface area contributed by atoms with Crippen molar-refractivity contribution in [3.8, 4) is 0 Å². The fraction of sp³-hybridized carbons (Fsp3) is 1.00. The van der Waals surface area contributed by atoms with E-state index in [1.165, 1.54) is 19.3 Å². The first-order valence-electron chi connectivity index (χ1n) is 8.37. The molecule has 1 aliphatic carbocycles. The minimum absolute atomic E-state index is 0.211. The molecule has 0 radical (unpaired) electrons. The average Bonchev–Trinajstić information content (AvgIpc) is 2.88. The Morgan fingerprint density at radius 3 is 2.00 bits per heavy atom. The molecule has 4 heteroatoms. The lowest BCUT2D eigenvalue weighted by Crippen LogP contribution is -2.53. The normalized spacial score (nSPS) is 38.9. The summed E-state index contributed by atoms with van der Waals surface area (Å²) in [4.78, 5) is 2.60. The number of methoxy groups -OCH3 is 2. The summed E-state index contributed by atoms with van der Waals surface area (Å²) in [6.45, 7) is 9.14. The van der Waals surface area contributed by atoms with Gasteiger partial charge in [-0.25, -0.2) is 0 Å². The van der Waals surface area contributed by atoms with Gasteiger partial charge in [-0.2, -0.15) is 0 Å². The Balaban J connectivity index is 2.07. The highest BCUT2D eigenvalue weighted by Gasteiger charge is 2.43. The third kappa shape index (κ3) is 3.79. The zero-order valence-electron chi connectivity index (χ0n) is 14.7. The first-order chi connectivity index (χ1) is 9.90. The van der Waals surface area contributed by atoms with Crippen molar-refractivity contribution in [2.45, 2.75) is 64.3 Å². The van der Waals surface area contributed by atoms with Gasteiger partial charge in [0, 0.05) is 39.4 Å². The topological polar surface area (TPSA) is 33.7 Å². The van der Waals surface area contributed by atoms with Crippen LogP contribution in [-0.4, -0.2) is 63.5 Å². The van der Waals surface area contributed by atoms with Crippen molar-refractivity contribution in [3.05, 3.63) is 0 Å². The maximum atomic E-state index is 5.61. The van der Waals surface area contributed by atoms with Crippen molar-refractivity contribution in [1.29, 1.82) is 0 Å². The number of likely N-dealkylation sites (tertiary alicyclic amines) is 1. The summed E-state index contributed by atoms with van der Waals surface area (Å²) < 4.78 is 11.2. The lowest BCUT2D eigenvalue weighted by Gasteiger charge is -2.45. The quantitative estimate of drug-likeness (QED) is 0.862. The van der Waals surface area contributed by atoms with Crippen LogP contribution in [0.5, 0.6) is 0 Å². The summed E-state index contributed by atoms with van der Waals surface area (Å²) in [7, 11) is 5.70. The predicted molar refractivity (Wildman–Crippen MR) is 86.6 cm³/mol. The Morgan fingerprint density at radius 2 is 1.57 bits per heavy atom. The third-order valence-electron chi connectivity index (χ3n) is 5.73. The third-order valence-corrected chi connectivity index (χ3v) is 5.73. The van der Waals surface area contributed by atoms with Crippen LogP contribution in [-0.2, 0) is 9.47 Å². The minimum Gasteiger partial charge on any atom is -0.377 e. The second-order valence-corrected chi connectivity index (χ2v) is 7.84. The van der Waals surface area contributed by atoms with Crippen molar-refractivity contribution >= 4 is 0 Å². The van der Waals surface area contributed by atoms with Gasteiger partial charge >= 0.3 is 0 Å². The molecule has 0 amide bonds. The monoisotopic (exact) mass is 298 g/mol. The van der Waals surface area contributed by atoms with Gasteiger partial charge in [0.1, 0.15) is 0 Å². The summed E-state index contributed by atoms with van der Waals surface area (Å²) in [5.74, 6) is 0.801. The van der Waals surface area contributed by atoms with E-state index in [4.69, 9.17) is 9.47 Å². The molecule has 4 nitrogen and oxygen atoms in total. The summed E-state index contributed by atoms with van der Waals surface area (Å²) in [5, 5.41) is 3.55. The molecule has 0 aromatic rings. The number of nitrogens with zero attached hydrogens (tertiary/aromatic N) is 1. The van der Waals surface area contributed by atoms with Crippen molar-refractivity contribution < 1.29 is 9.47 Å². The Morgan fingerprint density at radius 1 is 1.00 bits per heavy atom. The first-order valence-corrected chi connectivity index (χ1v) is 8.37. The maximum absolute atomic E-state index is 5.61. The fourth-order valence-corrected chi connectivity index (χ4v) is 4.17. The van der Waals surface area contributed by atoms with Crippen molar-refractivity contribution in [2.24, 2.45) is 11.3 Å². The maximum Gasteiger partial charge on any atom is 0.0971 e. The molecule has 124 valence electrons. The van der Waals surface area contributed by atoms with Gasteiger partial charge in [-0.3, -0.25) is 4.90 Å². The molecule has 2 aliphatic rings. The van der Waals surface area contributed by atoms with Gasteiger partial charge in [0.2, 0.25) is 0 Å². The van der Waals surface area contributed by atoms with E-state index in [0.717, 1.165) is 19.0 Å². The largest absolute Gasteiger partial charge is 0.377 e. The number of likely N-dealkylation sites (N-methyl/N-ethyl adjacent to an activating group) is 1. The van der Waals surface area contributed by atoms with Crippen LogP contribution in [0.15, 0.2) is 0 Å². The van der Waals surface area contributed by atoms with Gasteiger partial charge in [-0.15, -0.1) is 0 Å². The van der Waals surface area contributed by atoms with E-state index < -0.39 is 0 Å². The number of nitrogens with one attached hydrogen (secondary N) is 1. The highest BCUT2D eigenvalue weighted by molar-refractivity contribution is 4.98. The Labute approximate surface area is 130 Å². The van der Waals surface area contributed by atoms with Gasteiger partial charge in [-0.1, -0.05) is 20.8 Å². The van der Waals surface area contributed by atoms with Gasteiger partial charge in [0.15, 0.2) is 0 Å². The van der Waals surface area contributed by atoms with Crippen LogP contribution >= 0.6 is 0 Å². The molecule has 5 atom stereocenters. The molecule has 0 bridgehead atoms. The standard InChI is InChI=1S/C17H34N2O2/c1-17(2,3)12-7-8-13(18-4)14(9-12)19-10-15(20-5)16(11-19)21-6/h12-16,18H,7-11H2,1-6H3. The van der Waals surface area contributed by atoms with Crippen LogP contribution in [0.2, 0.25) is 0 Å². The molecule has 2 fully saturated rings. The fourth-order valence-electron chi connectivity index (χ4n) is 4.17. The van der Waals surface area contributed by atoms with Gasteiger partial charge in [0.05, 0.1) is 12.2 Å². The van der Waals surface area contributed by atoms with E-state index >= 15 is 0 Å². The van der Waals surface area contributed by atoms with Gasteiger partial charge in [0.25, 0.3) is 0 Å². The smallest absolute Gasteiger partial charge is 0.0971 e. The van der Waals surface area contributed by atoms with E-state index in [-0.39, 0.29) is 12.2 Å². The molecule has 1 heterocycles. The summed E-state index contributed by atoms with van der Waals surface area (Å²) >= 11 is 0. The molecular weight excluding hydrogens is 264 g/mol. The molecule has 5 unspecified atom stereocenters. The summed E-state index contributed by atoms with van der Waals surface area (Å²) in [6.07, 6.45) is 4.31. The van der Waals surface area contributed by atoms with E-state index in [9.17, 15) is 0 Å². The van der Waals surface area contributed by atoms with Gasteiger partial charge < -0.3 is 14.8 Å². The molecule has 2 rings (SSSR count). The number of hydrogen-bond acceptors (Lipinski definition) is 4. The van der Waals surface area contributed by atoms with Crippen LogP contribution in [0.4, 0.5) is 0 Å². The van der Waals surface area contributed by atoms with E-state index in [1.54, 1.807) is 14.2 Å². The minimum atomic E-state index is 0.211. The second kappa shape index (κ2) is 6.95. The zero-order valence-corrected chi connectivity index (χ0v) is 14.7. The molecule has 0 spiro atoms. The van der Waals surface area contributed by atoms with Crippen molar-refractivity contribution in [3.63, 3.8) is 0 Å². The molecule has 1 N–H and O–H groups in total. The molecule has 1 saturated heterocycles. The molecule has 1 aliphatic heterocycles. The van der Waals surface area contributed by atoms with Crippen LogP contribution < -0.4 is 5.32 Å². The Hall–Kier alpha value is -0.160. The highest BCUT2D eigenvalue weighted by atomic mass is 16.5. The van der Waals surface area contributed by atoms with Crippen LogP contribution in [0.1, 0.15) is 40.0 Å². The Kier molecular flexibility index (Phi) is 5.69. The van der Waals surface area contributed by atoms with Crippen LogP contribution in [0.25, 0.3) is 0 Å². The van der Waals surface area contributed by atoms with Gasteiger partial charge in [-0.05, 0) is 37.6 Å². The molecule has 0 aromatic heterocycles. The SMILES string of the molecule is CNC1CCC(C(C)(C)C)CC1N1CC(OC)C(OC)C1. The summed E-state index contributed by atoms with van der Waals surface area (Å²) in [6, 6.07) is 1.20. The molecular formula is C17H34N2O2. The number of rotatable bonds is 4. The van der Waals surface area contributed by atoms with E-state index in [2.05, 4.69) is 38.0 Å². The molecule has 1 saturated carbocycles. The van der Waals surface area contributed by atoms with Crippen LogP contribution in [0, 0.1) is 11.3 Å². The summed E-state index contributed by atoms with van der Waals surface area (Å²) in [5.41, 5.74) is 0.401. The predicted octanol–water partition coefficient (Wildman–Crippen LogP) is 2.13. The number of ether oxygens (including phenoxy) is 2. The van der Waals surface area contributed by atoms with E-state index in [1.807, 2.05) is 0 Å². The highest BCUT2D eigenvalue weighted by Crippen LogP contribution is 2.40. The van der Waals surface area contributed by atoms with Crippen molar-refractivity contribution in [2.75, 3.05) is 34.4 Å². The molecule has 21 heavy (non-hydrogen) atoms. The second-order valence-electron chi connectivity index (χ2n) is 7.84. The first kappa shape index (κ1) is 17.2. The lowest BCUT2D eigenvalue weighted by molar-refractivity contribution is -0.00461. The molecule has 0 aromatic carbocycles. The van der Waals surface area contributed by atoms with Crippen LogP contribution in [0.3, 0.4) is 0 Å². The Bertz CT molecular complexity index is 317. The number of hydrogen-bond donors (Lipinski definition) is 1.